The standard InChI is InChI=1S/C18H19FN2O4S/c1-4-25-18(24)11(3)20-17(23)15-10(2)8-14(26-15)21-16(22)12-6-5-7-13(19)9-12/h5-9,11H,4H2,1-3H3,(H,20,23)(H,21,22). The molecule has 2 amide bonds. The monoisotopic (exact) mass is 378 g/mol. The molecule has 1 aromatic carbocycles. The summed E-state index contributed by atoms with van der Waals surface area (Å²) in [5.74, 6) is -1.93. The zero-order valence-electron chi connectivity index (χ0n) is 14.6. The Hall–Kier alpha value is -2.74. The molecule has 0 saturated carbocycles. The maximum absolute atomic E-state index is 13.2. The van der Waals surface area contributed by atoms with Gasteiger partial charge >= 0.3 is 5.97 Å². The van der Waals surface area contributed by atoms with Crippen LogP contribution >= 0.6 is 11.3 Å². The summed E-state index contributed by atoms with van der Waals surface area (Å²) in [5, 5.41) is 5.65. The molecule has 1 heterocycles. The van der Waals surface area contributed by atoms with E-state index >= 15 is 0 Å². The van der Waals surface area contributed by atoms with Crippen molar-refractivity contribution in [3.05, 3.63) is 52.2 Å². The topological polar surface area (TPSA) is 84.5 Å². The van der Waals surface area contributed by atoms with Crippen molar-refractivity contribution in [2.24, 2.45) is 0 Å². The Morgan fingerprint density at radius 2 is 1.96 bits per heavy atom. The summed E-state index contributed by atoms with van der Waals surface area (Å²) in [7, 11) is 0. The fourth-order valence-corrected chi connectivity index (χ4v) is 3.14. The summed E-state index contributed by atoms with van der Waals surface area (Å²) in [5.41, 5.74) is 0.830. The van der Waals surface area contributed by atoms with E-state index in [0.29, 0.717) is 15.4 Å². The molecule has 6 nitrogen and oxygen atoms in total. The van der Waals surface area contributed by atoms with Crippen molar-refractivity contribution in [1.82, 2.24) is 5.32 Å². The Bertz CT molecular complexity index is 834. The van der Waals surface area contributed by atoms with E-state index in [9.17, 15) is 18.8 Å². The maximum Gasteiger partial charge on any atom is 0.328 e. The van der Waals surface area contributed by atoms with Crippen molar-refractivity contribution in [3.8, 4) is 0 Å². The van der Waals surface area contributed by atoms with Crippen LogP contribution in [0.5, 0.6) is 0 Å². The molecule has 2 aromatic rings. The summed E-state index contributed by atoms with van der Waals surface area (Å²) < 4.78 is 18.1. The van der Waals surface area contributed by atoms with Crippen molar-refractivity contribution >= 4 is 34.1 Å². The van der Waals surface area contributed by atoms with Gasteiger partial charge in [0.15, 0.2) is 0 Å². The van der Waals surface area contributed by atoms with E-state index < -0.39 is 29.6 Å². The highest BCUT2D eigenvalue weighted by Crippen LogP contribution is 2.27. The molecule has 138 valence electrons. The van der Waals surface area contributed by atoms with Crippen molar-refractivity contribution in [1.29, 1.82) is 0 Å². The SMILES string of the molecule is CCOC(=O)C(C)NC(=O)c1sc(NC(=O)c2cccc(F)c2)cc1C. The zero-order chi connectivity index (χ0) is 19.3. The lowest BCUT2D eigenvalue weighted by molar-refractivity contribution is -0.144. The number of hydrogen-bond donors (Lipinski definition) is 2. The lowest BCUT2D eigenvalue weighted by Gasteiger charge is -2.12. The Labute approximate surface area is 154 Å². The molecule has 1 atom stereocenters. The first-order valence-corrected chi connectivity index (χ1v) is 8.78. The smallest absolute Gasteiger partial charge is 0.328 e. The van der Waals surface area contributed by atoms with E-state index in [1.807, 2.05) is 0 Å². The Kier molecular flexibility index (Phi) is 6.46. The molecule has 0 saturated heterocycles. The Morgan fingerprint density at radius 3 is 2.62 bits per heavy atom. The summed E-state index contributed by atoms with van der Waals surface area (Å²) in [6.07, 6.45) is 0. The molecule has 26 heavy (non-hydrogen) atoms. The molecule has 0 aliphatic rings. The second kappa shape index (κ2) is 8.57. The number of carbonyl (C=O) groups excluding carboxylic acids is 3. The fourth-order valence-electron chi connectivity index (χ4n) is 2.17. The van der Waals surface area contributed by atoms with Crippen molar-refractivity contribution < 1.29 is 23.5 Å². The average molecular weight is 378 g/mol. The first-order valence-electron chi connectivity index (χ1n) is 7.96. The van der Waals surface area contributed by atoms with Gasteiger partial charge in [-0.1, -0.05) is 6.07 Å². The van der Waals surface area contributed by atoms with Gasteiger partial charge < -0.3 is 15.4 Å². The van der Waals surface area contributed by atoms with Crippen LogP contribution in [0.2, 0.25) is 0 Å². The molecule has 0 fully saturated rings. The molecule has 1 unspecified atom stereocenters. The number of rotatable bonds is 6. The van der Waals surface area contributed by atoms with Gasteiger partial charge in [-0.2, -0.15) is 0 Å². The van der Waals surface area contributed by atoms with Crippen LogP contribution in [0.15, 0.2) is 30.3 Å². The summed E-state index contributed by atoms with van der Waals surface area (Å²) >= 11 is 1.07. The minimum absolute atomic E-state index is 0.179. The van der Waals surface area contributed by atoms with E-state index in [-0.39, 0.29) is 12.2 Å². The third-order valence-electron chi connectivity index (χ3n) is 3.44. The fraction of sp³-hybridized carbons (Fsp3) is 0.278. The highest BCUT2D eigenvalue weighted by Gasteiger charge is 2.21. The van der Waals surface area contributed by atoms with Crippen LogP contribution in [0.4, 0.5) is 9.39 Å². The highest BCUT2D eigenvalue weighted by atomic mass is 32.1. The van der Waals surface area contributed by atoms with Crippen molar-refractivity contribution in [2.75, 3.05) is 11.9 Å². The quantitative estimate of drug-likeness (QED) is 0.757. The van der Waals surface area contributed by atoms with Crippen molar-refractivity contribution in [3.63, 3.8) is 0 Å². The molecule has 1 aromatic heterocycles. The molecule has 0 aliphatic carbocycles. The maximum atomic E-state index is 13.2. The van der Waals surface area contributed by atoms with Crippen molar-refractivity contribution in [2.45, 2.75) is 26.8 Å². The van der Waals surface area contributed by atoms with E-state index in [2.05, 4.69) is 10.6 Å². The van der Waals surface area contributed by atoms with E-state index in [1.54, 1.807) is 19.9 Å². The Balaban J connectivity index is 2.07. The third-order valence-corrected chi connectivity index (χ3v) is 4.59. The predicted molar refractivity (Wildman–Crippen MR) is 97.0 cm³/mol. The second-order valence-corrected chi connectivity index (χ2v) is 6.59. The van der Waals surface area contributed by atoms with Gasteiger partial charge in [-0.3, -0.25) is 9.59 Å². The number of aryl methyl sites for hydroxylation is 1. The average Bonchev–Trinajstić information content (AvgIpc) is 2.95. The number of hydrogen-bond acceptors (Lipinski definition) is 5. The molecule has 0 spiro atoms. The first kappa shape index (κ1) is 19.6. The number of anilines is 1. The van der Waals surface area contributed by atoms with Gasteiger partial charge in [-0.05, 0) is 50.6 Å². The van der Waals surface area contributed by atoms with Crippen LogP contribution in [0, 0.1) is 12.7 Å². The largest absolute Gasteiger partial charge is 0.464 e. The number of ether oxygens (including phenoxy) is 1. The number of halogens is 1. The molecule has 8 heteroatoms. The minimum atomic E-state index is -0.783. The van der Waals surface area contributed by atoms with Gasteiger partial charge in [0.2, 0.25) is 0 Å². The number of thiophene rings is 1. The molecule has 0 bridgehead atoms. The van der Waals surface area contributed by atoms with Crippen LogP contribution in [0.3, 0.4) is 0 Å². The number of carbonyl (C=O) groups is 3. The Morgan fingerprint density at radius 1 is 1.23 bits per heavy atom. The summed E-state index contributed by atoms with van der Waals surface area (Å²) in [6, 6.07) is 6.18. The first-order chi connectivity index (χ1) is 12.3. The number of esters is 1. The lowest BCUT2D eigenvalue weighted by atomic mass is 10.2. The number of benzene rings is 1. The van der Waals surface area contributed by atoms with Gasteiger partial charge in [0.05, 0.1) is 16.5 Å². The van der Waals surface area contributed by atoms with Gasteiger partial charge in [0.25, 0.3) is 11.8 Å². The molecule has 2 N–H and O–H groups in total. The molecular formula is C18H19FN2O4S. The van der Waals surface area contributed by atoms with Gasteiger partial charge in [0.1, 0.15) is 11.9 Å². The number of nitrogens with one attached hydrogen (secondary N) is 2. The van der Waals surface area contributed by atoms with E-state index in [1.165, 1.54) is 25.1 Å². The molecular weight excluding hydrogens is 359 g/mol. The minimum Gasteiger partial charge on any atom is -0.464 e. The zero-order valence-corrected chi connectivity index (χ0v) is 15.4. The lowest BCUT2D eigenvalue weighted by Crippen LogP contribution is -2.39. The van der Waals surface area contributed by atoms with Gasteiger partial charge in [0, 0.05) is 5.56 Å². The van der Waals surface area contributed by atoms with E-state index in [4.69, 9.17) is 4.74 Å². The van der Waals surface area contributed by atoms with E-state index in [0.717, 1.165) is 17.4 Å². The molecule has 2 rings (SSSR count). The number of amides is 2. The van der Waals surface area contributed by atoms with Gasteiger partial charge in [-0.25, -0.2) is 9.18 Å². The van der Waals surface area contributed by atoms with Crippen LogP contribution in [0.25, 0.3) is 0 Å². The van der Waals surface area contributed by atoms with Gasteiger partial charge in [-0.15, -0.1) is 11.3 Å². The second-order valence-electron chi connectivity index (χ2n) is 5.53. The molecule has 0 aliphatic heterocycles. The van der Waals surface area contributed by atoms with Crippen LogP contribution < -0.4 is 10.6 Å². The predicted octanol–water partition coefficient (Wildman–Crippen LogP) is 3.13. The van der Waals surface area contributed by atoms with Crippen LogP contribution in [-0.2, 0) is 9.53 Å². The summed E-state index contributed by atoms with van der Waals surface area (Å²) in [4.78, 5) is 36.5. The molecule has 0 radical (unpaired) electrons. The normalized spacial score (nSPS) is 11.5. The summed E-state index contributed by atoms with van der Waals surface area (Å²) in [6.45, 7) is 5.17. The highest BCUT2D eigenvalue weighted by molar-refractivity contribution is 7.18. The third kappa shape index (κ3) is 4.89. The van der Waals surface area contributed by atoms with Crippen LogP contribution in [-0.4, -0.2) is 30.4 Å². The van der Waals surface area contributed by atoms with Crippen LogP contribution in [0.1, 0.15) is 39.4 Å².